The van der Waals surface area contributed by atoms with Gasteiger partial charge in [-0.1, -0.05) is 24.3 Å². The number of piperidine rings is 1. The Morgan fingerprint density at radius 2 is 1.75 bits per heavy atom. The summed E-state index contributed by atoms with van der Waals surface area (Å²) < 4.78 is 17.8. The molecule has 2 atom stereocenters. The Morgan fingerprint density at radius 1 is 0.958 bits per heavy atom. The van der Waals surface area contributed by atoms with Crippen molar-refractivity contribution in [1.82, 2.24) is 20.5 Å². The fourth-order valence-corrected chi connectivity index (χ4v) is 6.32. The number of benzene rings is 3. The van der Waals surface area contributed by atoms with Gasteiger partial charge in [0.2, 0.25) is 0 Å². The van der Waals surface area contributed by atoms with Crippen molar-refractivity contribution in [2.75, 3.05) is 26.8 Å². The lowest BCUT2D eigenvalue weighted by atomic mass is 9.98. The molecule has 0 radical (unpaired) electrons. The average molecular weight is 651 g/mol. The number of nitrogens with zero attached hydrogens (tertiary/aromatic N) is 1. The molecule has 1 fully saturated rings. The van der Waals surface area contributed by atoms with Crippen molar-refractivity contribution < 1.29 is 33.4 Å². The van der Waals surface area contributed by atoms with Crippen LogP contribution in [-0.2, 0) is 11.3 Å². The van der Waals surface area contributed by atoms with Gasteiger partial charge in [-0.25, -0.2) is 0 Å². The maximum atomic E-state index is 13.9. The van der Waals surface area contributed by atoms with Crippen molar-refractivity contribution in [3.05, 3.63) is 100 Å². The first-order valence-electron chi connectivity index (χ1n) is 15.8. The van der Waals surface area contributed by atoms with E-state index in [-0.39, 0.29) is 36.7 Å². The van der Waals surface area contributed by atoms with Gasteiger partial charge in [0.1, 0.15) is 23.4 Å². The molecule has 3 N–H and O–H groups in total. The molecular formula is C37H38N4O7. The van der Waals surface area contributed by atoms with E-state index in [4.69, 9.17) is 14.2 Å². The molecule has 0 spiro atoms. The maximum Gasteiger partial charge on any atom is 0.258 e. The molecule has 7 rings (SSSR count). The second kappa shape index (κ2) is 13.6. The summed E-state index contributed by atoms with van der Waals surface area (Å²) in [6, 6.07) is 19.2. The van der Waals surface area contributed by atoms with E-state index in [2.05, 4.69) is 15.6 Å². The molecule has 4 aromatic rings. The Bertz CT molecular complexity index is 1880. The normalized spacial score (nSPS) is 18.0. The van der Waals surface area contributed by atoms with Crippen molar-refractivity contribution >= 4 is 23.5 Å². The monoisotopic (exact) mass is 650 g/mol. The van der Waals surface area contributed by atoms with Crippen molar-refractivity contribution in [3.63, 3.8) is 0 Å². The van der Waals surface area contributed by atoms with E-state index in [0.717, 1.165) is 11.1 Å². The average Bonchev–Trinajstić information content (AvgIpc) is 3.40. The van der Waals surface area contributed by atoms with E-state index < -0.39 is 12.1 Å². The molecule has 11 nitrogen and oxygen atoms in total. The molecule has 3 amide bonds. The van der Waals surface area contributed by atoms with Crippen molar-refractivity contribution in [2.24, 2.45) is 0 Å². The SMILES string of the molecule is COc1ccc2cc1-c1cccc(c1)OCC(=O)NCc1ccc(cc1)O[C@@H]1CCN(C(=O)c3c(C)[nH]c(C(C)=O)c3C)C[C@H]1NC2=O. The zero-order chi connectivity index (χ0) is 33.9. The number of likely N-dealkylation sites (tertiary alicyclic amines) is 1. The van der Waals surface area contributed by atoms with Gasteiger partial charge in [-0.05, 0) is 73.0 Å². The van der Waals surface area contributed by atoms with Gasteiger partial charge in [0, 0.05) is 49.8 Å². The van der Waals surface area contributed by atoms with E-state index >= 15 is 0 Å². The van der Waals surface area contributed by atoms with Crippen LogP contribution < -0.4 is 24.8 Å². The molecule has 48 heavy (non-hydrogen) atoms. The first-order chi connectivity index (χ1) is 23.1. The summed E-state index contributed by atoms with van der Waals surface area (Å²) in [6.45, 7) is 5.76. The zero-order valence-electron chi connectivity index (χ0n) is 27.3. The maximum absolute atomic E-state index is 13.9. The number of amides is 3. The van der Waals surface area contributed by atoms with Gasteiger partial charge < -0.3 is 34.7 Å². The fraction of sp³-hybridized carbons (Fsp3) is 0.297. The highest BCUT2D eigenvalue weighted by Crippen LogP contribution is 2.33. The molecular weight excluding hydrogens is 612 g/mol. The third-order valence-corrected chi connectivity index (χ3v) is 8.83. The second-order valence-corrected chi connectivity index (χ2v) is 12.1. The molecule has 0 aliphatic carbocycles. The first-order valence-corrected chi connectivity index (χ1v) is 15.8. The summed E-state index contributed by atoms with van der Waals surface area (Å²) in [5, 5.41) is 6.02. The van der Waals surface area contributed by atoms with Crippen LogP contribution in [0.5, 0.6) is 17.2 Å². The van der Waals surface area contributed by atoms with E-state index in [0.29, 0.717) is 70.4 Å². The molecule has 3 aliphatic heterocycles. The van der Waals surface area contributed by atoms with E-state index in [1.165, 1.54) is 6.92 Å². The molecule has 0 unspecified atom stereocenters. The quantitative estimate of drug-likeness (QED) is 0.275. The summed E-state index contributed by atoms with van der Waals surface area (Å²) in [6.07, 6.45) is 0.0129. The fourth-order valence-electron chi connectivity index (χ4n) is 6.32. The van der Waals surface area contributed by atoms with Gasteiger partial charge in [0.05, 0.1) is 24.4 Å². The molecule has 4 heterocycles. The lowest BCUT2D eigenvalue weighted by Gasteiger charge is -2.39. The van der Waals surface area contributed by atoms with Crippen molar-refractivity contribution in [2.45, 2.75) is 45.9 Å². The van der Waals surface area contributed by atoms with Crippen LogP contribution in [0, 0.1) is 13.8 Å². The molecule has 3 aliphatic rings. The zero-order valence-corrected chi connectivity index (χ0v) is 27.3. The number of methoxy groups -OCH3 is 1. The minimum Gasteiger partial charge on any atom is -0.496 e. The second-order valence-electron chi connectivity index (χ2n) is 12.1. The predicted molar refractivity (Wildman–Crippen MR) is 179 cm³/mol. The number of fused-ring (bicyclic) bond motifs is 7. The predicted octanol–water partition coefficient (Wildman–Crippen LogP) is 4.61. The van der Waals surface area contributed by atoms with E-state index in [1.807, 2.05) is 36.4 Å². The van der Waals surface area contributed by atoms with Gasteiger partial charge in [-0.15, -0.1) is 0 Å². The summed E-state index contributed by atoms with van der Waals surface area (Å²) in [5.41, 5.74) is 4.80. The third-order valence-electron chi connectivity index (χ3n) is 8.83. The Labute approximate surface area is 278 Å². The number of Topliss-reactive ketones (excluding diaryl/α,β-unsaturated/α-hetero) is 1. The molecule has 11 heteroatoms. The van der Waals surface area contributed by atoms with Crippen LogP contribution in [0.2, 0.25) is 0 Å². The summed E-state index contributed by atoms with van der Waals surface area (Å²) in [7, 11) is 1.56. The lowest BCUT2D eigenvalue weighted by Crippen LogP contribution is -2.58. The smallest absolute Gasteiger partial charge is 0.258 e. The number of aryl methyl sites for hydroxylation is 1. The number of rotatable bonds is 3. The van der Waals surface area contributed by atoms with Crippen LogP contribution in [0.1, 0.15) is 61.4 Å². The van der Waals surface area contributed by atoms with Crippen LogP contribution in [0.15, 0.2) is 66.7 Å². The highest BCUT2D eigenvalue weighted by Gasteiger charge is 2.36. The molecule has 6 bridgehead atoms. The van der Waals surface area contributed by atoms with Gasteiger partial charge in [-0.2, -0.15) is 0 Å². The van der Waals surface area contributed by atoms with Crippen LogP contribution in [0.3, 0.4) is 0 Å². The molecule has 248 valence electrons. The number of hydrogen-bond acceptors (Lipinski definition) is 7. The number of carbonyl (C=O) groups is 4. The topological polar surface area (TPSA) is 139 Å². The first kappa shape index (κ1) is 32.4. The minimum atomic E-state index is -0.561. The standard InChI is InChI=1S/C37H38N4O7/c1-21-34(22(2)39-35(21)23(3)42)37(45)41-15-14-32-30(19-41)40-36(44)26-10-13-31(46-4)29(17-26)25-6-5-7-28(16-25)47-20-33(43)38-18-24-8-11-27(48-32)12-9-24/h5-13,16-17,30,32,39H,14-15,18-20H2,1-4H3,(H,38,43)(H,40,44)/t30-,32-/m1/s1. The van der Waals surface area contributed by atoms with Crippen LogP contribution in [0.25, 0.3) is 11.1 Å². The van der Waals surface area contributed by atoms with Crippen molar-refractivity contribution in [3.8, 4) is 28.4 Å². The molecule has 1 aromatic heterocycles. The van der Waals surface area contributed by atoms with Gasteiger partial charge >= 0.3 is 0 Å². The lowest BCUT2D eigenvalue weighted by molar-refractivity contribution is -0.123. The third kappa shape index (κ3) is 6.76. The Kier molecular flexibility index (Phi) is 9.20. The van der Waals surface area contributed by atoms with Crippen LogP contribution in [-0.4, -0.2) is 72.3 Å². The largest absolute Gasteiger partial charge is 0.496 e. The van der Waals surface area contributed by atoms with E-state index in [9.17, 15) is 19.2 Å². The highest BCUT2D eigenvalue weighted by atomic mass is 16.5. The number of hydrogen-bond donors (Lipinski definition) is 3. The van der Waals surface area contributed by atoms with E-state index in [1.54, 1.807) is 56.2 Å². The van der Waals surface area contributed by atoms with Gasteiger partial charge in [-0.3, -0.25) is 19.2 Å². The summed E-state index contributed by atoms with van der Waals surface area (Å²) in [5.74, 6) is 0.689. The number of aromatic amines is 1. The van der Waals surface area contributed by atoms with Crippen molar-refractivity contribution in [1.29, 1.82) is 0 Å². The number of nitrogens with one attached hydrogen (secondary N) is 3. The molecule has 1 saturated heterocycles. The number of aromatic nitrogens is 1. The Morgan fingerprint density at radius 3 is 2.48 bits per heavy atom. The van der Waals surface area contributed by atoms with Gasteiger partial charge in [0.15, 0.2) is 12.4 Å². The number of ketones is 1. The molecule has 3 aromatic carbocycles. The number of carbonyl (C=O) groups excluding carboxylic acids is 4. The van der Waals surface area contributed by atoms with Crippen LogP contribution >= 0.6 is 0 Å². The van der Waals surface area contributed by atoms with Gasteiger partial charge in [0.25, 0.3) is 17.7 Å². The Hall–Kier alpha value is -5.58. The minimum absolute atomic E-state index is 0.143. The number of H-pyrrole nitrogens is 1. The Balaban J connectivity index is 1.35. The molecule has 0 saturated carbocycles. The number of ether oxygens (including phenoxy) is 3. The summed E-state index contributed by atoms with van der Waals surface area (Å²) in [4.78, 5) is 57.3. The van der Waals surface area contributed by atoms with Crippen LogP contribution in [0.4, 0.5) is 0 Å². The highest BCUT2D eigenvalue weighted by molar-refractivity contribution is 6.02. The summed E-state index contributed by atoms with van der Waals surface area (Å²) >= 11 is 0.